The maximum atomic E-state index is 13.0. The van der Waals surface area contributed by atoms with Gasteiger partial charge in [0.05, 0.1) is 31.0 Å². The molecule has 0 amide bonds. The van der Waals surface area contributed by atoms with Gasteiger partial charge in [-0.25, -0.2) is 13.4 Å². The Balaban J connectivity index is 2.41. The summed E-state index contributed by atoms with van der Waals surface area (Å²) < 4.78 is 32.4. The predicted octanol–water partition coefficient (Wildman–Crippen LogP) is 2.90. The minimum absolute atomic E-state index is 0.0606. The standard InChI is InChI=1S/C17H19N3O3S/c1-3-23-17-9-8-16(13-19-17)24(21,22)20(11-5-10-18)15-7-4-6-14(2)12-15/h4,6-9,12-13H,3,5,11H2,1-2H3. The van der Waals surface area contributed by atoms with Crippen LogP contribution < -0.4 is 9.04 Å². The second-order valence-electron chi connectivity index (χ2n) is 5.09. The second-order valence-corrected chi connectivity index (χ2v) is 6.95. The number of aromatic nitrogens is 1. The van der Waals surface area contributed by atoms with E-state index >= 15 is 0 Å². The van der Waals surface area contributed by atoms with E-state index in [1.165, 1.54) is 22.6 Å². The molecule has 0 aliphatic rings. The lowest BCUT2D eigenvalue weighted by Crippen LogP contribution is -2.32. The lowest BCUT2D eigenvalue weighted by molar-refractivity contribution is 0.326. The molecule has 0 fully saturated rings. The van der Waals surface area contributed by atoms with Gasteiger partial charge < -0.3 is 4.74 Å². The van der Waals surface area contributed by atoms with E-state index in [4.69, 9.17) is 10.00 Å². The molecule has 0 N–H and O–H groups in total. The van der Waals surface area contributed by atoms with Crippen LogP contribution in [0.3, 0.4) is 0 Å². The van der Waals surface area contributed by atoms with Crippen LogP contribution in [0.1, 0.15) is 18.9 Å². The monoisotopic (exact) mass is 345 g/mol. The molecule has 0 spiro atoms. The summed E-state index contributed by atoms with van der Waals surface area (Å²) >= 11 is 0. The van der Waals surface area contributed by atoms with Gasteiger partial charge in [-0.15, -0.1) is 0 Å². The van der Waals surface area contributed by atoms with Crippen LogP contribution in [-0.2, 0) is 10.0 Å². The van der Waals surface area contributed by atoms with Crippen LogP contribution in [0, 0.1) is 18.3 Å². The zero-order valence-corrected chi connectivity index (χ0v) is 14.5. The van der Waals surface area contributed by atoms with Gasteiger partial charge in [0.2, 0.25) is 5.88 Å². The van der Waals surface area contributed by atoms with E-state index in [1.807, 2.05) is 26.0 Å². The molecule has 1 heterocycles. The first-order valence-corrected chi connectivity index (χ1v) is 8.98. The Labute approximate surface area is 142 Å². The zero-order chi connectivity index (χ0) is 17.6. The molecule has 0 saturated carbocycles. The number of aryl methyl sites for hydroxylation is 1. The quantitative estimate of drug-likeness (QED) is 0.770. The molecule has 7 heteroatoms. The summed E-state index contributed by atoms with van der Waals surface area (Å²) in [6.45, 7) is 4.25. The van der Waals surface area contributed by atoms with Gasteiger partial charge >= 0.3 is 0 Å². The van der Waals surface area contributed by atoms with Gasteiger partial charge in [0, 0.05) is 12.6 Å². The van der Waals surface area contributed by atoms with Crippen LogP contribution in [0.25, 0.3) is 0 Å². The molecule has 0 atom stereocenters. The van der Waals surface area contributed by atoms with Crippen LogP contribution in [0.5, 0.6) is 5.88 Å². The van der Waals surface area contributed by atoms with Crippen molar-refractivity contribution in [3.8, 4) is 11.9 Å². The highest BCUT2D eigenvalue weighted by Gasteiger charge is 2.25. The third kappa shape index (κ3) is 4.03. The smallest absolute Gasteiger partial charge is 0.265 e. The van der Waals surface area contributed by atoms with Crippen LogP contribution in [0.2, 0.25) is 0 Å². The normalized spacial score (nSPS) is 10.9. The van der Waals surface area contributed by atoms with Crippen molar-refractivity contribution in [3.63, 3.8) is 0 Å². The first-order valence-electron chi connectivity index (χ1n) is 7.54. The fourth-order valence-electron chi connectivity index (χ4n) is 2.20. The summed E-state index contributed by atoms with van der Waals surface area (Å²) in [6.07, 6.45) is 1.37. The minimum Gasteiger partial charge on any atom is -0.478 e. The average molecular weight is 345 g/mol. The van der Waals surface area contributed by atoms with E-state index in [2.05, 4.69) is 4.98 Å². The molecule has 1 aromatic carbocycles. The zero-order valence-electron chi connectivity index (χ0n) is 13.6. The summed E-state index contributed by atoms with van der Waals surface area (Å²) in [7, 11) is -3.81. The van der Waals surface area contributed by atoms with Gasteiger partial charge in [-0.2, -0.15) is 5.26 Å². The Kier molecular flexibility index (Phi) is 5.77. The lowest BCUT2D eigenvalue weighted by atomic mass is 10.2. The third-order valence-corrected chi connectivity index (χ3v) is 5.12. The molecule has 1 aromatic heterocycles. The molecular formula is C17H19N3O3S. The Morgan fingerprint density at radius 3 is 2.67 bits per heavy atom. The minimum atomic E-state index is -3.81. The maximum Gasteiger partial charge on any atom is 0.265 e. The summed E-state index contributed by atoms with van der Waals surface area (Å²) in [5.74, 6) is 0.371. The molecule has 0 saturated heterocycles. The van der Waals surface area contributed by atoms with Crippen molar-refractivity contribution in [3.05, 3.63) is 48.2 Å². The van der Waals surface area contributed by atoms with Crippen LogP contribution in [0.4, 0.5) is 5.69 Å². The Bertz CT molecular complexity index is 827. The molecule has 2 rings (SSSR count). The Hall–Kier alpha value is -2.59. The number of ether oxygens (including phenoxy) is 1. The van der Waals surface area contributed by atoms with E-state index in [-0.39, 0.29) is 17.9 Å². The van der Waals surface area contributed by atoms with E-state index in [0.717, 1.165) is 5.56 Å². The second kappa shape index (κ2) is 7.79. The molecule has 0 unspecified atom stereocenters. The average Bonchev–Trinajstić information content (AvgIpc) is 2.56. The summed E-state index contributed by atoms with van der Waals surface area (Å²) in [4.78, 5) is 4.08. The van der Waals surface area contributed by atoms with E-state index in [9.17, 15) is 8.42 Å². The van der Waals surface area contributed by atoms with Crippen LogP contribution in [0.15, 0.2) is 47.5 Å². The fraction of sp³-hybridized carbons (Fsp3) is 0.294. The molecule has 0 aliphatic carbocycles. The first kappa shape index (κ1) is 17.8. The third-order valence-electron chi connectivity index (χ3n) is 3.31. The van der Waals surface area contributed by atoms with Crippen molar-refractivity contribution in [2.75, 3.05) is 17.5 Å². The highest BCUT2D eigenvalue weighted by atomic mass is 32.2. The molecule has 0 bridgehead atoms. The molecular weight excluding hydrogens is 326 g/mol. The van der Waals surface area contributed by atoms with Gasteiger partial charge in [-0.3, -0.25) is 4.31 Å². The number of benzene rings is 1. The number of nitrogens with zero attached hydrogens (tertiary/aromatic N) is 3. The van der Waals surface area contributed by atoms with Gasteiger partial charge in [0.15, 0.2) is 0 Å². The summed E-state index contributed by atoms with van der Waals surface area (Å²) in [5.41, 5.74) is 1.47. The van der Waals surface area contributed by atoms with E-state index in [0.29, 0.717) is 18.2 Å². The number of rotatable bonds is 7. The number of nitriles is 1. The molecule has 0 radical (unpaired) electrons. The van der Waals surface area contributed by atoms with Crippen molar-refractivity contribution < 1.29 is 13.2 Å². The van der Waals surface area contributed by atoms with Crippen molar-refractivity contribution in [2.24, 2.45) is 0 Å². The largest absolute Gasteiger partial charge is 0.478 e. The highest BCUT2D eigenvalue weighted by Crippen LogP contribution is 2.25. The van der Waals surface area contributed by atoms with Crippen molar-refractivity contribution in [2.45, 2.75) is 25.2 Å². The van der Waals surface area contributed by atoms with Crippen LogP contribution >= 0.6 is 0 Å². The number of hydrogen-bond acceptors (Lipinski definition) is 5. The molecule has 2 aromatic rings. The van der Waals surface area contributed by atoms with Gasteiger partial charge in [0.1, 0.15) is 4.90 Å². The van der Waals surface area contributed by atoms with E-state index in [1.54, 1.807) is 18.2 Å². The van der Waals surface area contributed by atoms with Crippen molar-refractivity contribution in [1.82, 2.24) is 4.98 Å². The number of sulfonamides is 1. The Morgan fingerprint density at radius 2 is 2.08 bits per heavy atom. The van der Waals surface area contributed by atoms with Crippen molar-refractivity contribution >= 4 is 15.7 Å². The molecule has 0 aliphatic heterocycles. The van der Waals surface area contributed by atoms with Gasteiger partial charge in [-0.05, 0) is 37.6 Å². The topological polar surface area (TPSA) is 83.3 Å². The molecule has 24 heavy (non-hydrogen) atoms. The SMILES string of the molecule is CCOc1ccc(S(=O)(=O)N(CCC#N)c2cccc(C)c2)cn1. The number of pyridine rings is 1. The predicted molar refractivity (Wildman–Crippen MR) is 91.3 cm³/mol. The first-order chi connectivity index (χ1) is 11.5. The maximum absolute atomic E-state index is 13.0. The molecule has 6 nitrogen and oxygen atoms in total. The van der Waals surface area contributed by atoms with Crippen molar-refractivity contribution in [1.29, 1.82) is 5.26 Å². The molecule has 126 valence electrons. The number of hydrogen-bond donors (Lipinski definition) is 0. The van der Waals surface area contributed by atoms with Gasteiger partial charge in [-0.1, -0.05) is 12.1 Å². The highest BCUT2D eigenvalue weighted by molar-refractivity contribution is 7.92. The van der Waals surface area contributed by atoms with Gasteiger partial charge in [0.25, 0.3) is 10.0 Å². The summed E-state index contributed by atoms with van der Waals surface area (Å²) in [6, 6.07) is 12.1. The Morgan fingerprint density at radius 1 is 1.29 bits per heavy atom. The van der Waals surface area contributed by atoms with Crippen LogP contribution in [-0.4, -0.2) is 26.6 Å². The fourth-order valence-corrected chi connectivity index (χ4v) is 3.61. The number of anilines is 1. The summed E-state index contributed by atoms with van der Waals surface area (Å²) in [5, 5.41) is 8.85. The van der Waals surface area contributed by atoms with E-state index < -0.39 is 10.0 Å². The lowest BCUT2D eigenvalue weighted by Gasteiger charge is -2.23.